The predicted molar refractivity (Wildman–Crippen MR) is 157 cm³/mol. The van der Waals surface area contributed by atoms with Gasteiger partial charge in [0.2, 0.25) is 0 Å². The summed E-state index contributed by atoms with van der Waals surface area (Å²) in [5.74, 6) is 0.0895. The van der Waals surface area contributed by atoms with Crippen LogP contribution >= 0.6 is 11.6 Å². The van der Waals surface area contributed by atoms with Gasteiger partial charge in [0.1, 0.15) is 11.6 Å². The van der Waals surface area contributed by atoms with Crippen LogP contribution in [0.4, 0.5) is 4.39 Å². The number of nitrogens with zero attached hydrogens (tertiary/aromatic N) is 3. The van der Waals surface area contributed by atoms with Gasteiger partial charge < -0.3 is 14.1 Å². The minimum Gasteiger partial charge on any atom is -0.406 e. The van der Waals surface area contributed by atoms with Crippen LogP contribution in [-0.2, 0) is 17.6 Å². The van der Waals surface area contributed by atoms with Crippen molar-refractivity contribution in [3.63, 3.8) is 0 Å². The topological polar surface area (TPSA) is 60.2 Å². The van der Waals surface area contributed by atoms with Gasteiger partial charge in [0.15, 0.2) is 0 Å². The first kappa shape index (κ1) is 27.2. The lowest BCUT2D eigenvalue weighted by molar-refractivity contribution is 0.281. The fraction of sp³-hybridized carbons (Fsp3) is 0.226. The van der Waals surface area contributed by atoms with E-state index >= 15 is 0 Å². The molecule has 0 unspecified atom stereocenters. The van der Waals surface area contributed by atoms with E-state index in [9.17, 15) is 9.50 Å². The molecule has 5 rings (SSSR count). The van der Waals surface area contributed by atoms with Gasteiger partial charge in [0.25, 0.3) is 8.32 Å². The highest BCUT2D eigenvalue weighted by Gasteiger charge is 2.50. The van der Waals surface area contributed by atoms with Crippen LogP contribution in [0.15, 0.2) is 91.3 Å². The normalized spacial score (nSPS) is 12.3. The van der Waals surface area contributed by atoms with Crippen molar-refractivity contribution >= 4 is 41.3 Å². The molecule has 0 radical (unpaired) electrons. The lowest BCUT2D eigenvalue weighted by Gasteiger charge is -2.43. The summed E-state index contributed by atoms with van der Waals surface area (Å²) in [5.41, 5.74) is 2.59. The third-order valence-electron chi connectivity index (χ3n) is 7.08. The Bertz CT molecular complexity index is 1550. The van der Waals surface area contributed by atoms with Crippen LogP contribution in [0.3, 0.4) is 0 Å². The van der Waals surface area contributed by atoms with E-state index in [1.807, 2.05) is 22.8 Å². The number of rotatable bonds is 8. The van der Waals surface area contributed by atoms with E-state index < -0.39 is 14.1 Å². The summed E-state index contributed by atoms with van der Waals surface area (Å²) in [4.78, 5) is 9.01. The molecule has 8 heteroatoms. The Balaban J connectivity index is 1.59. The maximum absolute atomic E-state index is 14.4. The zero-order valence-electron chi connectivity index (χ0n) is 22.2. The van der Waals surface area contributed by atoms with Crippen LogP contribution in [0.1, 0.15) is 26.3 Å². The van der Waals surface area contributed by atoms with Crippen molar-refractivity contribution in [2.45, 2.75) is 39.0 Å². The van der Waals surface area contributed by atoms with Crippen molar-refractivity contribution in [1.82, 2.24) is 14.5 Å². The van der Waals surface area contributed by atoms with Gasteiger partial charge in [0.05, 0.1) is 29.3 Å². The molecule has 0 bridgehead atoms. The van der Waals surface area contributed by atoms with Crippen LogP contribution < -0.4 is 10.4 Å². The second-order valence-corrected chi connectivity index (χ2v) is 15.3. The minimum atomic E-state index is -2.75. The fourth-order valence-corrected chi connectivity index (χ4v) is 10.0. The highest BCUT2D eigenvalue weighted by molar-refractivity contribution is 6.99. The monoisotopic (exact) mass is 559 g/mol. The molecule has 0 saturated heterocycles. The van der Waals surface area contributed by atoms with Gasteiger partial charge >= 0.3 is 0 Å². The Hall–Kier alpha value is -3.36. The Morgan fingerprint density at radius 1 is 0.949 bits per heavy atom. The van der Waals surface area contributed by atoms with E-state index in [1.54, 1.807) is 18.5 Å². The van der Waals surface area contributed by atoms with E-state index in [2.05, 4.69) is 74.3 Å². The largest absolute Gasteiger partial charge is 0.406 e. The van der Waals surface area contributed by atoms with E-state index in [0.717, 1.165) is 5.56 Å². The third-order valence-corrected chi connectivity index (χ3v) is 12.4. The number of aliphatic hydroxyl groups is 1. The van der Waals surface area contributed by atoms with E-state index in [-0.39, 0.29) is 16.7 Å². The lowest BCUT2D eigenvalue weighted by Crippen LogP contribution is -2.66. The molecule has 0 saturated carbocycles. The van der Waals surface area contributed by atoms with Crippen LogP contribution in [-0.4, -0.2) is 34.6 Å². The minimum absolute atomic E-state index is 0.0327. The van der Waals surface area contributed by atoms with Crippen molar-refractivity contribution < 1.29 is 13.9 Å². The molecule has 5 nitrogen and oxygen atoms in total. The molecule has 0 aliphatic carbocycles. The van der Waals surface area contributed by atoms with Gasteiger partial charge in [-0.15, -0.1) is 0 Å². The van der Waals surface area contributed by atoms with E-state index in [4.69, 9.17) is 21.0 Å². The van der Waals surface area contributed by atoms with E-state index in [1.165, 1.54) is 16.4 Å². The van der Waals surface area contributed by atoms with Gasteiger partial charge in [-0.05, 0) is 33.1 Å². The number of aliphatic hydroxyl groups excluding tert-OH is 1. The summed E-state index contributed by atoms with van der Waals surface area (Å²) in [6, 6.07) is 25.8. The summed E-state index contributed by atoms with van der Waals surface area (Å²) in [5, 5.41) is 11.9. The molecule has 0 spiro atoms. The van der Waals surface area contributed by atoms with Gasteiger partial charge in [-0.25, -0.2) is 9.37 Å². The summed E-state index contributed by atoms with van der Waals surface area (Å²) >= 11 is 6.20. The second-order valence-electron chi connectivity index (χ2n) is 10.6. The van der Waals surface area contributed by atoms with Gasteiger partial charge in [0, 0.05) is 30.6 Å². The number of hydrogen-bond donors (Lipinski definition) is 1. The third kappa shape index (κ3) is 5.15. The van der Waals surface area contributed by atoms with Crippen molar-refractivity contribution in [2.75, 3.05) is 6.61 Å². The lowest BCUT2D eigenvalue weighted by atomic mass is 10.2. The standard InChI is InChI=1S/C31H31ClFN3O2Si/c1-31(2,3)39(24-10-6-4-7-11-24,25-12-8-5-9-13-25)38-15-14-36-29-17-26(32)27(33)18-28(29)35-30(36)23-16-22(21-37)19-34-20-23/h4-13,16-20,37H,14-15,21H2,1-3H3. The first-order chi connectivity index (χ1) is 18.7. The Morgan fingerprint density at radius 2 is 1.59 bits per heavy atom. The molecular formula is C31H31ClFN3O2Si. The first-order valence-electron chi connectivity index (χ1n) is 12.9. The van der Waals surface area contributed by atoms with E-state index in [0.29, 0.717) is 35.6 Å². The quantitative estimate of drug-likeness (QED) is 0.238. The highest BCUT2D eigenvalue weighted by atomic mass is 35.5. The van der Waals surface area contributed by atoms with Crippen LogP contribution in [0, 0.1) is 5.82 Å². The fourth-order valence-electron chi connectivity index (χ4n) is 5.31. The smallest absolute Gasteiger partial charge is 0.261 e. The summed E-state index contributed by atoms with van der Waals surface area (Å²) in [6.07, 6.45) is 3.30. The number of aromatic nitrogens is 3. The molecule has 5 aromatic rings. The van der Waals surface area contributed by atoms with Gasteiger partial charge in [-0.2, -0.15) is 0 Å². The molecule has 3 aromatic carbocycles. The zero-order valence-corrected chi connectivity index (χ0v) is 24.0. The van der Waals surface area contributed by atoms with Crippen LogP contribution in [0.5, 0.6) is 0 Å². The molecule has 0 atom stereocenters. The number of pyridine rings is 1. The number of hydrogen-bond acceptors (Lipinski definition) is 4. The SMILES string of the molecule is CC(C)(C)[Si](OCCn1c(-c2cncc(CO)c2)nc2cc(F)c(Cl)cc21)(c1ccccc1)c1ccccc1. The number of halogens is 2. The van der Waals surface area contributed by atoms with Gasteiger partial charge in [-0.3, -0.25) is 4.98 Å². The molecule has 0 aliphatic rings. The number of fused-ring (bicyclic) bond motifs is 1. The average Bonchev–Trinajstić information content (AvgIpc) is 3.28. The second kappa shape index (κ2) is 11.0. The Morgan fingerprint density at radius 3 is 2.18 bits per heavy atom. The van der Waals surface area contributed by atoms with Crippen molar-refractivity contribution in [3.8, 4) is 11.4 Å². The molecule has 0 fully saturated rings. The van der Waals surface area contributed by atoms with Gasteiger partial charge in [-0.1, -0.05) is 93.0 Å². The molecular weight excluding hydrogens is 529 g/mol. The Labute approximate surface area is 234 Å². The average molecular weight is 560 g/mol. The molecule has 39 heavy (non-hydrogen) atoms. The molecule has 1 N–H and O–H groups in total. The molecule has 200 valence electrons. The molecule has 2 aromatic heterocycles. The number of imidazole rings is 1. The predicted octanol–water partition coefficient (Wildman–Crippen LogP) is 5.96. The number of benzene rings is 3. The van der Waals surface area contributed by atoms with Crippen LogP contribution in [0.25, 0.3) is 22.4 Å². The van der Waals surface area contributed by atoms with Crippen molar-refractivity contribution in [2.24, 2.45) is 0 Å². The summed E-state index contributed by atoms with van der Waals surface area (Å²) in [7, 11) is -2.75. The van der Waals surface area contributed by atoms with Crippen LogP contribution in [0.2, 0.25) is 10.1 Å². The molecule has 2 heterocycles. The molecule has 0 amide bonds. The molecule has 0 aliphatic heterocycles. The maximum atomic E-state index is 14.4. The zero-order chi connectivity index (χ0) is 27.6. The maximum Gasteiger partial charge on any atom is 0.261 e. The van der Waals surface area contributed by atoms with Crippen molar-refractivity contribution in [1.29, 1.82) is 0 Å². The Kier molecular flexibility index (Phi) is 7.69. The first-order valence-corrected chi connectivity index (χ1v) is 15.2. The summed E-state index contributed by atoms with van der Waals surface area (Å²) < 4.78 is 23.5. The van der Waals surface area contributed by atoms with Crippen molar-refractivity contribution in [3.05, 3.63) is 108 Å². The summed E-state index contributed by atoms with van der Waals surface area (Å²) in [6.45, 7) is 7.44. The highest BCUT2D eigenvalue weighted by Crippen LogP contribution is 2.37.